The van der Waals surface area contributed by atoms with Gasteiger partial charge >= 0.3 is 24.0 Å². The Morgan fingerprint density at radius 1 is 0.949 bits per heavy atom. The summed E-state index contributed by atoms with van der Waals surface area (Å²) in [5, 5.41) is 51.8. The Morgan fingerprint density at radius 3 is 2.15 bits per heavy atom. The monoisotopic (exact) mass is 821 g/mol. The average molecular weight is 822 g/mol. The van der Waals surface area contributed by atoms with Crippen molar-refractivity contribution in [3.05, 3.63) is 82.4 Å². The number of Topliss-reactive ketones (excluding diaryl/α,β-unsaturated/α-hetero) is 1. The van der Waals surface area contributed by atoms with Gasteiger partial charge in [-0.1, -0.05) is 56.3 Å². The molecular weight excluding hydrogens is 766 g/mol. The van der Waals surface area contributed by atoms with Crippen molar-refractivity contribution in [1.29, 1.82) is 0 Å². The molecule has 0 aromatic heterocycles. The molecule has 1 aliphatic heterocycles. The molecule has 11 atom stereocenters. The van der Waals surface area contributed by atoms with Crippen LogP contribution in [0.15, 0.2) is 65.7 Å². The summed E-state index contributed by atoms with van der Waals surface area (Å²) in [6.07, 6.45) is -11.5. The topological polar surface area (TPSA) is 224 Å². The molecule has 2 aromatic rings. The van der Waals surface area contributed by atoms with Crippen molar-refractivity contribution in [2.45, 2.75) is 135 Å². The van der Waals surface area contributed by atoms with E-state index in [1.807, 2.05) is 0 Å². The standard InChI is InChI=1S/C44H55NO14/c1-22-15-13-14-18-26(22)31(45-39(53)59-40(4,5)6)33(49)38(52)56-27-20-44(54)36(57-37(51)25-16-11-10-12-17-25)34-42(9,35(50)32(48)30(23(27)2)41(44,7)8)28(47)19-29-43(34,21-55-29)58-24(3)46/h10-18,27-29,31-34,36,47-49,54H,19-21H2,1-9H3,(H,45,53)/t27-,28-,29+,31-,32+,33+,34-,36-,42+,43-,44+/m0/s1. The molecule has 4 aliphatic rings. The Labute approximate surface area is 343 Å². The fourth-order valence-corrected chi connectivity index (χ4v) is 9.82. The number of aryl methyl sites for hydroxylation is 1. The van der Waals surface area contributed by atoms with Gasteiger partial charge in [-0.3, -0.25) is 9.59 Å². The summed E-state index contributed by atoms with van der Waals surface area (Å²) in [4.78, 5) is 69.2. The van der Waals surface area contributed by atoms with Gasteiger partial charge in [0.2, 0.25) is 0 Å². The highest BCUT2D eigenvalue weighted by atomic mass is 16.6. The van der Waals surface area contributed by atoms with E-state index in [1.54, 1.807) is 84.0 Å². The third-order valence-corrected chi connectivity index (χ3v) is 12.9. The van der Waals surface area contributed by atoms with Crippen molar-refractivity contribution in [3.8, 4) is 0 Å². The van der Waals surface area contributed by atoms with Gasteiger partial charge in [0.25, 0.3) is 0 Å². The fraction of sp³-hybridized carbons (Fsp3) is 0.568. The first-order valence-corrected chi connectivity index (χ1v) is 19.8. The Kier molecular flexibility index (Phi) is 11.5. The van der Waals surface area contributed by atoms with Crippen molar-refractivity contribution in [3.63, 3.8) is 0 Å². The van der Waals surface area contributed by atoms with E-state index in [4.69, 9.17) is 23.7 Å². The minimum Gasteiger partial charge on any atom is -0.456 e. The van der Waals surface area contributed by atoms with Gasteiger partial charge in [-0.05, 0) is 75.9 Å². The average Bonchev–Trinajstić information content (AvgIpc) is 3.14. The maximum Gasteiger partial charge on any atom is 0.408 e. The van der Waals surface area contributed by atoms with Gasteiger partial charge in [0, 0.05) is 25.2 Å². The lowest BCUT2D eigenvalue weighted by Crippen LogP contribution is -2.81. The molecule has 2 saturated carbocycles. The lowest BCUT2D eigenvalue weighted by Gasteiger charge is -2.67. The van der Waals surface area contributed by atoms with Crippen LogP contribution >= 0.6 is 0 Å². The van der Waals surface area contributed by atoms with E-state index in [9.17, 15) is 44.4 Å². The highest BCUT2D eigenvalue weighted by Crippen LogP contribution is 2.64. The summed E-state index contributed by atoms with van der Waals surface area (Å²) in [5.41, 5.74) is -7.48. The summed E-state index contributed by atoms with van der Waals surface area (Å²) < 4.78 is 29.6. The first-order valence-electron chi connectivity index (χ1n) is 19.8. The van der Waals surface area contributed by atoms with Gasteiger partial charge in [0.15, 0.2) is 17.5 Å². The van der Waals surface area contributed by atoms with Gasteiger partial charge in [0.1, 0.15) is 35.6 Å². The predicted molar refractivity (Wildman–Crippen MR) is 208 cm³/mol. The minimum absolute atomic E-state index is 0.0629. The molecule has 0 spiro atoms. The Hall–Kier alpha value is -4.67. The predicted octanol–water partition coefficient (Wildman–Crippen LogP) is 3.57. The number of alkyl carbamates (subject to hydrolysis) is 1. The Balaban J connectivity index is 1.49. The van der Waals surface area contributed by atoms with Crippen LogP contribution in [-0.2, 0) is 38.1 Å². The number of ketones is 1. The van der Waals surface area contributed by atoms with Gasteiger partial charge in [-0.15, -0.1) is 0 Å². The molecule has 0 radical (unpaired) electrons. The number of carbonyl (C=O) groups excluding carboxylic acids is 5. The van der Waals surface area contributed by atoms with Gasteiger partial charge in [0.05, 0.1) is 35.6 Å². The van der Waals surface area contributed by atoms with Crippen molar-refractivity contribution in [2.75, 3.05) is 6.61 Å². The van der Waals surface area contributed by atoms with E-state index >= 15 is 0 Å². The third kappa shape index (κ3) is 7.34. The lowest BCUT2D eigenvalue weighted by molar-refractivity contribution is -0.346. The smallest absolute Gasteiger partial charge is 0.408 e. The molecule has 15 heteroatoms. The highest BCUT2D eigenvalue weighted by molar-refractivity contribution is 5.94. The molecule has 2 aromatic carbocycles. The first-order chi connectivity index (χ1) is 27.4. The second-order valence-corrected chi connectivity index (χ2v) is 18.0. The van der Waals surface area contributed by atoms with Crippen LogP contribution in [0.3, 0.4) is 0 Å². The van der Waals surface area contributed by atoms with E-state index in [1.165, 1.54) is 26.0 Å². The van der Waals surface area contributed by atoms with E-state index in [0.29, 0.717) is 11.1 Å². The number of rotatable bonds is 8. The number of hydrogen-bond acceptors (Lipinski definition) is 14. The van der Waals surface area contributed by atoms with Crippen LogP contribution < -0.4 is 5.32 Å². The normalized spacial score (nSPS) is 33.3. The van der Waals surface area contributed by atoms with Crippen LogP contribution in [0.1, 0.15) is 95.8 Å². The first kappa shape index (κ1) is 43.9. The Morgan fingerprint density at radius 2 is 1.58 bits per heavy atom. The molecule has 3 aliphatic carbocycles. The van der Waals surface area contributed by atoms with E-state index in [0.717, 1.165) is 6.92 Å². The molecular formula is C44H55NO14. The fourth-order valence-electron chi connectivity index (χ4n) is 9.82. The second kappa shape index (κ2) is 15.4. The summed E-state index contributed by atoms with van der Waals surface area (Å²) in [6.45, 7) is 13.5. The number of esters is 3. The van der Waals surface area contributed by atoms with Crippen molar-refractivity contribution in [2.24, 2.45) is 16.7 Å². The number of aliphatic hydroxyl groups is 4. The number of ether oxygens (including phenoxy) is 5. The van der Waals surface area contributed by atoms with Crippen LogP contribution in [-0.4, -0.2) is 110 Å². The zero-order chi connectivity index (χ0) is 43.6. The van der Waals surface area contributed by atoms with Gasteiger partial charge < -0.3 is 49.4 Å². The summed E-state index contributed by atoms with van der Waals surface area (Å²) in [5.74, 6) is -5.36. The number of carbonyl (C=O) groups is 5. The number of benzene rings is 2. The highest BCUT2D eigenvalue weighted by Gasteiger charge is 2.78. The molecule has 3 fully saturated rings. The molecule has 6 rings (SSSR count). The van der Waals surface area contributed by atoms with Gasteiger partial charge in [-0.2, -0.15) is 0 Å². The lowest BCUT2D eigenvalue weighted by atomic mass is 9.44. The Bertz CT molecular complexity index is 2040. The molecule has 320 valence electrons. The van der Waals surface area contributed by atoms with E-state index < -0.39 is 112 Å². The van der Waals surface area contributed by atoms with E-state index in [2.05, 4.69) is 5.32 Å². The molecule has 5 N–H and O–H groups in total. The van der Waals surface area contributed by atoms with Gasteiger partial charge in [-0.25, -0.2) is 14.4 Å². The molecule has 1 saturated heterocycles. The molecule has 0 unspecified atom stereocenters. The van der Waals surface area contributed by atoms with E-state index in [-0.39, 0.29) is 29.7 Å². The number of nitrogens with one attached hydrogen (secondary N) is 1. The van der Waals surface area contributed by atoms with Crippen LogP contribution in [0.25, 0.3) is 0 Å². The molecule has 2 bridgehead atoms. The zero-order valence-corrected chi connectivity index (χ0v) is 34.8. The van der Waals surface area contributed by atoms with Crippen LogP contribution in [0.2, 0.25) is 0 Å². The minimum atomic E-state index is -2.36. The van der Waals surface area contributed by atoms with Crippen molar-refractivity contribution in [1.82, 2.24) is 5.32 Å². The quantitative estimate of drug-likeness (QED) is 0.146. The molecule has 15 nitrogen and oxygen atoms in total. The van der Waals surface area contributed by atoms with Crippen LogP contribution in [0.5, 0.6) is 0 Å². The largest absolute Gasteiger partial charge is 0.456 e. The number of aliphatic hydroxyl groups excluding tert-OH is 3. The SMILES string of the molecule is CC(=O)O[C@@]12CO[C@@H]1C[C@H](O)[C@@]1(C)C(=O)[C@H](O)C3=C(C)[C@@H](OC(=O)[C@H](O)[C@@H](NC(=O)OC(C)(C)C)c4ccccc4C)C[C@@](O)([C@@H](OC(=O)c4ccccc4)[C@H]21)C3(C)C. The van der Waals surface area contributed by atoms with Crippen molar-refractivity contribution < 1.29 is 68.1 Å². The zero-order valence-electron chi connectivity index (χ0n) is 34.8. The summed E-state index contributed by atoms with van der Waals surface area (Å²) in [7, 11) is 0. The summed E-state index contributed by atoms with van der Waals surface area (Å²) >= 11 is 0. The third-order valence-electron chi connectivity index (χ3n) is 12.9. The van der Waals surface area contributed by atoms with Crippen LogP contribution in [0.4, 0.5) is 4.79 Å². The summed E-state index contributed by atoms with van der Waals surface area (Å²) in [6, 6.07) is 13.2. The number of hydrogen-bond donors (Lipinski definition) is 5. The second-order valence-electron chi connectivity index (χ2n) is 18.0. The maximum absolute atomic E-state index is 15.0. The molecule has 1 amide bonds. The molecule has 1 heterocycles. The van der Waals surface area contributed by atoms with Crippen LogP contribution in [0, 0.1) is 23.7 Å². The molecule has 59 heavy (non-hydrogen) atoms. The number of fused-ring (bicyclic) bond motifs is 5. The maximum atomic E-state index is 15.0. The number of amides is 1. The van der Waals surface area contributed by atoms with Crippen molar-refractivity contribution >= 4 is 29.8 Å².